The SMILES string of the molecule is CC(C)(C)c1cc(/C=N\Nc2ccc([N+](=O)[O-])cn2)cc(C(C)(C)C)c1O. The van der Waals surface area contributed by atoms with E-state index in [2.05, 4.69) is 57.1 Å². The predicted octanol–water partition coefficient (Wildman–Crippen LogP) is 4.74. The van der Waals surface area contributed by atoms with Gasteiger partial charge in [-0.1, -0.05) is 41.5 Å². The van der Waals surface area contributed by atoms with Gasteiger partial charge in [0.05, 0.1) is 11.1 Å². The van der Waals surface area contributed by atoms with Gasteiger partial charge in [0.25, 0.3) is 5.69 Å². The van der Waals surface area contributed by atoms with Gasteiger partial charge in [0, 0.05) is 17.2 Å². The van der Waals surface area contributed by atoms with E-state index in [-0.39, 0.29) is 16.5 Å². The standard InChI is InChI=1S/C20H26N4O3/c1-19(2,3)15-9-13(10-16(18(15)25)20(4,5)6)11-22-23-17-8-7-14(12-21-17)24(26)27/h7-12,25H,1-6H3,(H,21,23)/b22-11-. The van der Waals surface area contributed by atoms with E-state index >= 15 is 0 Å². The van der Waals surface area contributed by atoms with Crippen molar-refractivity contribution in [3.8, 4) is 5.75 Å². The Kier molecular flexibility index (Phi) is 5.54. The summed E-state index contributed by atoms with van der Waals surface area (Å²) in [7, 11) is 0. The summed E-state index contributed by atoms with van der Waals surface area (Å²) in [6, 6.07) is 6.69. The minimum Gasteiger partial charge on any atom is -0.507 e. The molecule has 0 aliphatic rings. The van der Waals surface area contributed by atoms with E-state index in [0.717, 1.165) is 16.7 Å². The van der Waals surface area contributed by atoms with Gasteiger partial charge in [0.2, 0.25) is 0 Å². The number of aromatic hydroxyl groups is 1. The molecule has 7 nitrogen and oxygen atoms in total. The molecule has 0 atom stereocenters. The number of nitrogens with one attached hydrogen (secondary N) is 1. The summed E-state index contributed by atoms with van der Waals surface area (Å²) >= 11 is 0. The van der Waals surface area contributed by atoms with Gasteiger partial charge in [-0.05, 0) is 34.6 Å². The van der Waals surface area contributed by atoms with Crippen LogP contribution in [0.4, 0.5) is 11.5 Å². The van der Waals surface area contributed by atoms with Gasteiger partial charge in [-0.3, -0.25) is 15.5 Å². The van der Waals surface area contributed by atoms with Gasteiger partial charge in [-0.25, -0.2) is 4.98 Å². The lowest BCUT2D eigenvalue weighted by Crippen LogP contribution is -2.18. The molecule has 0 aliphatic heterocycles. The molecule has 144 valence electrons. The molecule has 0 spiro atoms. The predicted molar refractivity (Wildman–Crippen MR) is 108 cm³/mol. The monoisotopic (exact) mass is 370 g/mol. The largest absolute Gasteiger partial charge is 0.507 e. The lowest BCUT2D eigenvalue weighted by Gasteiger charge is -2.27. The molecule has 2 N–H and O–H groups in total. The molecule has 2 rings (SSSR count). The number of nitro groups is 1. The Hall–Kier alpha value is -2.96. The van der Waals surface area contributed by atoms with Crippen molar-refractivity contribution >= 4 is 17.7 Å². The second-order valence-electron chi connectivity index (χ2n) is 8.49. The molecule has 0 amide bonds. The Labute approximate surface area is 159 Å². The fourth-order valence-corrected chi connectivity index (χ4v) is 2.61. The second kappa shape index (κ2) is 7.34. The average molecular weight is 370 g/mol. The average Bonchev–Trinajstić information content (AvgIpc) is 2.54. The third-order valence-corrected chi connectivity index (χ3v) is 4.10. The van der Waals surface area contributed by atoms with Crippen LogP contribution < -0.4 is 5.43 Å². The van der Waals surface area contributed by atoms with Gasteiger partial charge in [-0.2, -0.15) is 5.10 Å². The van der Waals surface area contributed by atoms with Crippen LogP contribution in [0.2, 0.25) is 0 Å². The number of phenols is 1. The molecule has 0 fully saturated rings. The molecule has 0 bridgehead atoms. The Balaban J connectivity index is 2.32. The van der Waals surface area contributed by atoms with E-state index in [1.165, 1.54) is 18.3 Å². The van der Waals surface area contributed by atoms with E-state index in [0.29, 0.717) is 11.6 Å². The molecule has 1 aromatic carbocycles. The Morgan fingerprint density at radius 1 is 1.11 bits per heavy atom. The number of hydrazone groups is 1. The van der Waals surface area contributed by atoms with E-state index in [4.69, 9.17) is 0 Å². The van der Waals surface area contributed by atoms with E-state index in [1.807, 2.05) is 12.1 Å². The molecular weight excluding hydrogens is 344 g/mol. The molecule has 2 aromatic rings. The highest BCUT2D eigenvalue weighted by atomic mass is 16.6. The first-order valence-electron chi connectivity index (χ1n) is 8.67. The summed E-state index contributed by atoms with van der Waals surface area (Å²) in [5, 5.41) is 25.6. The summed E-state index contributed by atoms with van der Waals surface area (Å²) in [6.07, 6.45) is 2.82. The van der Waals surface area contributed by atoms with Gasteiger partial charge in [-0.15, -0.1) is 0 Å². The molecular formula is C20H26N4O3. The minimum atomic E-state index is -0.501. The van der Waals surface area contributed by atoms with Gasteiger partial charge < -0.3 is 5.11 Å². The van der Waals surface area contributed by atoms with Crippen molar-refractivity contribution in [1.29, 1.82) is 0 Å². The first kappa shape index (κ1) is 20.4. The highest BCUT2D eigenvalue weighted by Crippen LogP contribution is 2.39. The zero-order valence-electron chi connectivity index (χ0n) is 16.6. The van der Waals surface area contributed by atoms with Crippen molar-refractivity contribution in [2.45, 2.75) is 52.4 Å². The Morgan fingerprint density at radius 2 is 1.67 bits per heavy atom. The maximum atomic E-state index is 10.7. The highest BCUT2D eigenvalue weighted by Gasteiger charge is 2.26. The number of hydrogen-bond acceptors (Lipinski definition) is 6. The van der Waals surface area contributed by atoms with Crippen LogP contribution in [-0.2, 0) is 10.8 Å². The fourth-order valence-electron chi connectivity index (χ4n) is 2.61. The zero-order valence-corrected chi connectivity index (χ0v) is 16.6. The lowest BCUT2D eigenvalue weighted by atomic mass is 9.78. The van der Waals surface area contributed by atoms with Crippen LogP contribution >= 0.6 is 0 Å². The Morgan fingerprint density at radius 3 is 2.07 bits per heavy atom. The van der Waals surface area contributed by atoms with Crippen LogP contribution in [0.3, 0.4) is 0 Å². The lowest BCUT2D eigenvalue weighted by molar-refractivity contribution is -0.385. The minimum absolute atomic E-state index is 0.0762. The normalized spacial score (nSPS) is 12.4. The quantitative estimate of drug-likeness (QED) is 0.460. The third kappa shape index (κ3) is 5.03. The van der Waals surface area contributed by atoms with Crippen LogP contribution in [0.25, 0.3) is 0 Å². The molecule has 0 unspecified atom stereocenters. The van der Waals surface area contributed by atoms with Crippen LogP contribution in [-0.4, -0.2) is 21.2 Å². The molecule has 7 heteroatoms. The van der Waals surface area contributed by atoms with Crippen LogP contribution in [0.5, 0.6) is 5.75 Å². The van der Waals surface area contributed by atoms with Crippen LogP contribution in [0, 0.1) is 10.1 Å². The molecule has 0 saturated heterocycles. The smallest absolute Gasteiger partial charge is 0.287 e. The summed E-state index contributed by atoms with van der Waals surface area (Å²) in [4.78, 5) is 14.1. The van der Waals surface area contributed by atoms with E-state index in [1.54, 1.807) is 6.21 Å². The molecule has 27 heavy (non-hydrogen) atoms. The van der Waals surface area contributed by atoms with Gasteiger partial charge in [0.1, 0.15) is 17.8 Å². The van der Waals surface area contributed by atoms with Crippen LogP contribution in [0.15, 0.2) is 35.6 Å². The molecule has 0 radical (unpaired) electrons. The van der Waals surface area contributed by atoms with E-state index < -0.39 is 4.92 Å². The second-order valence-corrected chi connectivity index (χ2v) is 8.49. The number of rotatable bonds is 4. The van der Waals surface area contributed by atoms with E-state index in [9.17, 15) is 15.2 Å². The van der Waals surface area contributed by atoms with Crippen LogP contribution in [0.1, 0.15) is 58.2 Å². The van der Waals surface area contributed by atoms with Gasteiger partial charge >= 0.3 is 0 Å². The Bertz CT molecular complexity index is 825. The summed E-state index contributed by atoms with van der Waals surface area (Å²) in [5.74, 6) is 0.722. The van der Waals surface area contributed by atoms with Crippen molar-refractivity contribution in [3.63, 3.8) is 0 Å². The number of nitrogens with zero attached hydrogens (tertiary/aromatic N) is 3. The van der Waals surface area contributed by atoms with Crippen molar-refractivity contribution in [2.24, 2.45) is 5.10 Å². The first-order valence-corrected chi connectivity index (χ1v) is 8.67. The maximum Gasteiger partial charge on any atom is 0.287 e. The summed E-state index contributed by atoms with van der Waals surface area (Å²) < 4.78 is 0. The number of benzene rings is 1. The number of hydrogen-bond donors (Lipinski definition) is 2. The topological polar surface area (TPSA) is 101 Å². The van der Waals surface area contributed by atoms with Crippen molar-refractivity contribution in [3.05, 3.63) is 57.3 Å². The first-order chi connectivity index (χ1) is 12.4. The fraction of sp³-hybridized carbons (Fsp3) is 0.400. The summed E-state index contributed by atoms with van der Waals surface area (Å²) in [6.45, 7) is 12.3. The van der Waals surface area contributed by atoms with Gasteiger partial charge in [0.15, 0.2) is 0 Å². The number of anilines is 1. The van der Waals surface area contributed by atoms with Crippen molar-refractivity contribution < 1.29 is 10.0 Å². The highest BCUT2D eigenvalue weighted by molar-refractivity contribution is 5.82. The molecule has 1 aromatic heterocycles. The van der Waals surface area contributed by atoms with Crippen molar-refractivity contribution in [1.82, 2.24) is 4.98 Å². The third-order valence-electron chi connectivity index (χ3n) is 4.10. The molecule has 1 heterocycles. The zero-order chi connectivity index (χ0) is 20.4. The molecule has 0 saturated carbocycles. The number of phenolic OH excluding ortho intramolecular Hbond substituents is 1. The number of aromatic nitrogens is 1. The molecule has 0 aliphatic carbocycles. The number of pyridine rings is 1. The summed E-state index contributed by atoms with van der Waals surface area (Å²) in [5.41, 5.74) is 4.79. The maximum absolute atomic E-state index is 10.7. The van der Waals surface area contributed by atoms with Crippen molar-refractivity contribution in [2.75, 3.05) is 5.43 Å².